The normalized spacial score (nSPS) is 13.3. The molecule has 1 nitrogen and oxygen atoms in total. The molecule has 0 atom stereocenters. The molecule has 1 aliphatic carbocycles. The van der Waals surface area contributed by atoms with Crippen molar-refractivity contribution in [2.24, 2.45) is 0 Å². The lowest BCUT2D eigenvalue weighted by Gasteiger charge is -2.26. The summed E-state index contributed by atoms with van der Waals surface area (Å²) in [6.07, 6.45) is 0. The molecule has 7 aromatic carbocycles. The zero-order chi connectivity index (χ0) is 30.1. The van der Waals surface area contributed by atoms with E-state index in [0.717, 1.165) is 11.4 Å². The topological polar surface area (TPSA) is 3.24 Å². The van der Waals surface area contributed by atoms with E-state index >= 15 is 0 Å². The molecule has 0 aliphatic heterocycles. The Balaban J connectivity index is 1.29. The monoisotopic (exact) mass is 593 g/mol. The second kappa shape index (κ2) is 9.92. The Morgan fingerprint density at radius 2 is 1.18 bits per heavy atom. The molecule has 0 bridgehead atoms. The van der Waals surface area contributed by atoms with Crippen LogP contribution in [0.3, 0.4) is 0 Å². The van der Waals surface area contributed by atoms with Gasteiger partial charge in [0.15, 0.2) is 0 Å². The fourth-order valence-corrected chi connectivity index (χ4v) is 8.75. The van der Waals surface area contributed by atoms with Crippen molar-refractivity contribution in [2.45, 2.75) is 19.3 Å². The maximum Gasteiger partial charge on any atom is 0.0640 e. The molecule has 0 unspecified atom stereocenters. The van der Waals surface area contributed by atoms with Crippen molar-refractivity contribution in [3.63, 3.8) is 0 Å². The van der Waals surface area contributed by atoms with Crippen molar-refractivity contribution in [2.75, 3.05) is 4.90 Å². The maximum absolute atomic E-state index is 2.44. The number of thiophene rings is 1. The van der Waals surface area contributed by atoms with Crippen LogP contribution in [0, 0.1) is 0 Å². The summed E-state index contributed by atoms with van der Waals surface area (Å²) in [4.78, 5) is 2.44. The lowest BCUT2D eigenvalue weighted by Crippen LogP contribution is -2.14. The second-order valence-corrected chi connectivity index (χ2v) is 13.6. The fourth-order valence-electron chi connectivity index (χ4n) is 7.38. The predicted molar refractivity (Wildman–Crippen MR) is 195 cm³/mol. The van der Waals surface area contributed by atoms with Crippen LogP contribution >= 0.6 is 11.3 Å². The number of anilines is 3. The number of nitrogens with zero attached hydrogens (tertiary/aromatic N) is 1. The molecule has 1 heterocycles. The Bertz CT molecular complexity index is 2400. The summed E-state index contributed by atoms with van der Waals surface area (Å²) in [7, 11) is 0. The summed E-state index contributed by atoms with van der Waals surface area (Å²) >= 11 is 1.94. The predicted octanol–water partition coefficient (Wildman–Crippen LogP) is 12.7. The molecule has 214 valence electrons. The number of benzene rings is 7. The van der Waals surface area contributed by atoms with Gasteiger partial charge in [0.25, 0.3) is 0 Å². The van der Waals surface area contributed by atoms with Crippen molar-refractivity contribution < 1.29 is 0 Å². The van der Waals surface area contributed by atoms with Crippen LogP contribution in [0.25, 0.3) is 53.2 Å². The smallest absolute Gasteiger partial charge is 0.0640 e. The second-order valence-electron chi connectivity index (χ2n) is 12.6. The molecule has 0 radical (unpaired) electrons. The SMILES string of the molecule is CC1(C)c2ccccc2-c2c1ccc1c2sc2c(N(c3ccc(-c4ccccc4)cc3)c3ccc4ccccc4c3)cccc21. The van der Waals surface area contributed by atoms with Gasteiger partial charge in [-0.25, -0.2) is 0 Å². The van der Waals surface area contributed by atoms with Gasteiger partial charge in [-0.2, -0.15) is 0 Å². The molecule has 2 heteroatoms. The first-order valence-corrected chi connectivity index (χ1v) is 16.4. The van der Waals surface area contributed by atoms with Crippen molar-refractivity contribution in [3.05, 3.63) is 163 Å². The highest BCUT2D eigenvalue weighted by Gasteiger charge is 2.37. The molecule has 0 saturated heterocycles. The van der Waals surface area contributed by atoms with Crippen molar-refractivity contribution in [3.8, 4) is 22.3 Å². The van der Waals surface area contributed by atoms with Crippen LogP contribution in [-0.2, 0) is 5.41 Å². The van der Waals surface area contributed by atoms with Crippen LogP contribution in [-0.4, -0.2) is 0 Å². The summed E-state index contributed by atoms with van der Waals surface area (Å²) < 4.78 is 2.69. The summed E-state index contributed by atoms with van der Waals surface area (Å²) in [5.74, 6) is 0. The average Bonchev–Trinajstić information content (AvgIpc) is 3.58. The fraction of sp³-hybridized carbons (Fsp3) is 0.0698. The summed E-state index contributed by atoms with van der Waals surface area (Å²) in [6, 6.07) is 55.6. The molecule has 45 heavy (non-hydrogen) atoms. The van der Waals surface area contributed by atoms with Gasteiger partial charge in [-0.1, -0.05) is 135 Å². The molecule has 8 aromatic rings. The standard InChI is InChI=1S/C43H31NS/c1-43(2)37-17-9-8-15-36(37)40-38(43)26-25-35-34-16-10-18-39(41(34)45-42(35)40)44(33-24-21-29-13-6-7-14-31(29)27-33)32-22-19-30(20-23-32)28-11-4-3-5-12-28/h3-27H,1-2H3. The van der Waals surface area contributed by atoms with Gasteiger partial charge in [0.1, 0.15) is 0 Å². The highest BCUT2D eigenvalue weighted by molar-refractivity contribution is 7.27. The van der Waals surface area contributed by atoms with E-state index in [0.29, 0.717) is 0 Å². The van der Waals surface area contributed by atoms with Gasteiger partial charge in [0.05, 0.1) is 10.4 Å². The third kappa shape index (κ3) is 3.99. The average molecular weight is 594 g/mol. The summed E-state index contributed by atoms with van der Waals surface area (Å²) in [6.45, 7) is 4.73. The van der Waals surface area contributed by atoms with Gasteiger partial charge in [0.2, 0.25) is 0 Å². The number of hydrogen-bond donors (Lipinski definition) is 0. The first-order chi connectivity index (χ1) is 22.1. The number of rotatable bonds is 4. The van der Waals surface area contributed by atoms with Gasteiger partial charge < -0.3 is 4.90 Å². The Labute approximate surface area is 267 Å². The van der Waals surface area contributed by atoms with Crippen LogP contribution in [0.2, 0.25) is 0 Å². The third-order valence-corrected chi connectivity index (χ3v) is 10.9. The van der Waals surface area contributed by atoms with E-state index in [-0.39, 0.29) is 5.41 Å². The molecule has 1 aromatic heterocycles. The number of hydrogen-bond acceptors (Lipinski definition) is 2. The van der Waals surface area contributed by atoms with Crippen molar-refractivity contribution in [1.29, 1.82) is 0 Å². The first-order valence-electron chi connectivity index (χ1n) is 15.6. The van der Waals surface area contributed by atoms with Crippen LogP contribution in [0.15, 0.2) is 152 Å². The number of fused-ring (bicyclic) bond motifs is 8. The van der Waals surface area contributed by atoms with Crippen LogP contribution in [0.4, 0.5) is 17.1 Å². The first kappa shape index (κ1) is 26.2. The zero-order valence-electron chi connectivity index (χ0n) is 25.3. The highest BCUT2D eigenvalue weighted by Crippen LogP contribution is 2.55. The molecule has 0 fully saturated rings. The van der Waals surface area contributed by atoms with E-state index in [2.05, 4.69) is 170 Å². The van der Waals surface area contributed by atoms with Gasteiger partial charge in [-0.15, -0.1) is 11.3 Å². The Hall–Kier alpha value is -5.18. The van der Waals surface area contributed by atoms with E-state index in [9.17, 15) is 0 Å². The lowest BCUT2D eigenvalue weighted by molar-refractivity contribution is 0.661. The van der Waals surface area contributed by atoms with Gasteiger partial charge in [-0.05, 0) is 68.9 Å². The highest BCUT2D eigenvalue weighted by atomic mass is 32.1. The summed E-state index contributed by atoms with van der Waals surface area (Å²) in [5.41, 5.74) is 11.6. The molecule has 0 spiro atoms. The van der Waals surface area contributed by atoms with E-state index in [1.54, 1.807) is 0 Å². The third-order valence-electron chi connectivity index (χ3n) is 9.65. The van der Waals surface area contributed by atoms with Crippen LogP contribution in [0.1, 0.15) is 25.0 Å². The zero-order valence-corrected chi connectivity index (χ0v) is 26.1. The molecule has 0 saturated carbocycles. The van der Waals surface area contributed by atoms with Crippen molar-refractivity contribution in [1.82, 2.24) is 0 Å². The van der Waals surface area contributed by atoms with Crippen LogP contribution in [0.5, 0.6) is 0 Å². The minimum absolute atomic E-state index is 0.0171. The Kier molecular flexibility index (Phi) is 5.78. The molecule has 0 N–H and O–H groups in total. The summed E-state index contributed by atoms with van der Waals surface area (Å²) in [5, 5.41) is 5.13. The van der Waals surface area contributed by atoms with Crippen LogP contribution < -0.4 is 4.90 Å². The minimum atomic E-state index is -0.0171. The molecular weight excluding hydrogens is 563 g/mol. The van der Waals surface area contributed by atoms with Gasteiger partial charge in [-0.3, -0.25) is 0 Å². The lowest BCUT2D eigenvalue weighted by atomic mass is 9.82. The molecular formula is C43H31NS. The van der Waals surface area contributed by atoms with Gasteiger partial charge >= 0.3 is 0 Å². The molecule has 1 aliphatic rings. The Morgan fingerprint density at radius 3 is 2.02 bits per heavy atom. The van der Waals surface area contributed by atoms with E-state index in [4.69, 9.17) is 0 Å². The minimum Gasteiger partial charge on any atom is -0.309 e. The Morgan fingerprint density at radius 1 is 0.489 bits per heavy atom. The molecule has 9 rings (SSSR count). The van der Waals surface area contributed by atoms with E-state index < -0.39 is 0 Å². The quantitative estimate of drug-likeness (QED) is 0.196. The largest absolute Gasteiger partial charge is 0.309 e. The molecule has 0 amide bonds. The van der Waals surface area contributed by atoms with Crippen molar-refractivity contribution >= 4 is 59.3 Å². The van der Waals surface area contributed by atoms with Gasteiger partial charge in [0, 0.05) is 37.8 Å². The van der Waals surface area contributed by atoms with E-state index in [1.807, 2.05) is 11.3 Å². The van der Waals surface area contributed by atoms with E-state index in [1.165, 1.54) is 70.0 Å². The maximum atomic E-state index is 2.44.